The molecule has 1 heterocycles. The summed E-state index contributed by atoms with van der Waals surface area (Å²) >= 11 is 1.28. The number of amides is 2. The molecule has 35 heavy (non-hydrogen) atoms. The second-order valence-electron chi connectivity index (χ2n) is 8.53. The number of hydrazine groups is 1. The predicted octanol–water partition coefficient (Wildman–Crippen LogP) is 4.40. The summed E-state index contributed by atoms with van der Waals surface area (Å²) in [6.45, 7) is 2.24. The molecule has 8 nitrogen and oxygen atoms in total. The molecule has 1 saturated carbocycles. The fraction of sp³-hybridized carbons (Fsp3) is 0.360. The average Bonchev–Trinajstić information content (AvgIpc) is 3.30. The van der Waals surface area contributed by atoms with Crippen molar-refractivity contribution in [1.82, 2.24) is 25.6 Å². The van der Waals surface area contributed by atoms with E-state index in [0.717, 1.165) is 36.4 Å². The molecule has 4 rings (SSSR count). The molecule has 2 amide bonds. The van der Waals surface area contributed by atoms with Crippen molar-refractivity contribution in [3.8, 4) is 17.1 Å². The number of thioether (sulfide) groups is 1. The van der Waals surface area contributed by atoms with Gasteiger partial charge in [0.2, 0.25) is 5.91 Å². The molecule has 1 fully saturated rings. The number of ether oxygens (including phenoxy) is 1. The monoisotopic (exact) mass is 497 g/mol. The van der Waals surface area contributed by atoms with Crippen LogP contribution in [0.3, 0.4) is 0 Å². The number of halogens is 1. The molecule has 0 aliphatic heterocycles. The second-order valence-corrected chi connectivity index (χ2v) is 9.47. The average molecular weight is 498 g/mol. The summed E-state index contributed by atoms with van der Waals surface area (Å²) in [7, 11) is 1.63. The maximum absolute atomic E-state index is 13.0. The molecule has 0 spiro atoms. The number of hydrogen-bond acceptors (Lipinski definition) is 6. The molecule has 3 aromatic rings. The minimum atomic E-state index is -0.524. The van der Waals surface area contributed by atoms with E-state index < -0.39 is 11.7 Å². The van der Waals surface area contributed by atoms with E-state index in [4.69, 9.17) is 4.74 Å². The van der Waals surface area contributed by atoms with Crippen LogP contribution in [-0.4, -0.2) is 39.4 Å². The Morgan fingerprint density at radius 2 is 1.77 bits per heavy atom. The highest BCUT2D eigenvalue weighted by Gasteiger charge is 2.29. The van der Waals surface area contributed by atoms with Gasteiger partial charge in [-0.15, -0.1) is 10.2 Å². The third-order valence-corrected chi connectivity index (χ3v) is 7.11. The Kier molecular flexibility index (Phi) is 8.02. The van der Waals surface area contributed by atoms with Crippen molar-refractivity contribution >= 4 is 23.6 Å². The Balaban J connectivity index is 1.46. The van der Waals surface area contributed by atoms with E-state index in [-0.39, 0.29) is 23.3 Å². The number of carbonyl (C=O) groups excluding carboxylic acids is 2. The summed E-state index contributed by atoms with van der Waals surface area (Å²) in [4.78, 5) is 24.6. The molecule has 10 heteroatoms. The molecule has 0 saturated heterocycles. The van der Waals surface area contributed by atoms with Crippen LogP contribution in [0, 0.1) is 11.7 Å². The lowest BCUT2D eigenvalue weighted by Gasteiger charge is -2.31. The second kappa shape index (κ2) is 11.4. The summed E-state index contributed by atoms with van der Waals surface area (Å²) in [5.41, 5.74) is 5.93. The van der Waals surface area contributed by atoms with Gasteiger partial charge < -0.3 is 4.74 Å². The number of rotatable bonds is 7. The van der Waals surface area contributed by atoms with Crippen LogP contribution in [-0.2, 0) is 4.79 Å². The van der Waals surface area contributed by atoms with Crippen molar-refractivity contribution in [2.45, 2.75) is 43.8 Å². The molecular formula is C25H28FN5O3S. The maximum Gasteiger partial charge on any atom is 0.269 e. The highest BCUT2D eigenvalue weighted by Crippen LogP contribution is 2.39. The first-order chi connectivity index (χ1) is 17.0. The minimum Gasteiger partial charge on any atom is -0.497 e. The number of nitrogens with one attached hydrogen (secondary N) is 2. The highest BCUT2D eigenvalue weighted by atomic mass is 32.2. The van der Waals surface area contributed by atoms with Gasteiger partial charge in [-0.05, 0) is 67.3 Å². The van der Waals surface area contributed by atoms with Crippen LogP contribution in [0.5, 0.6) is 5.75 Å². The van der Waals surface area contributed by atoms with E-state index in [1.54, 1.807) is 7.11 Å². The van der Waals surface area contributed by atoms with Gasteiger partial charge in [-0.2, -0.15) is 0 Å². The van der Waals surface area contributed by atoms with E-state index in [9.17, 15) is 14.0 Å². The largest absolute Gasteiger partial charge is 0.497 e. The minimum absolute atomic E-state index is 0.0472. The molecule has 1 aromatic heterocycles. The van der Waals surface area contributed by atoms with E-state index in [1.807, 2.05) is 24.3 Å². The van der Waals surface area contributed by atoms with Crippen LogP contribution in [0.1, 0.15) is 49.0 Å². The Hall–Kier alpha value is -3.40. The van der Waals surface area contributed by atoms with Crippen molar-refractivity contribution in [3.05, 3.63) is 59.9 Å². The van der Waals surface area contributed by atoms with Gasteiger partial charge in [0, 0.05) is 17.2 Å². The van der Waals surface area contributed by atoms with Crippen LogP contribution in [0.25, 0.3) is 11.4 Å². The first-order valence-corrected chi connectivity index (χ1v) is 12.5. The zero-order valence-corrected chi connectivity index (χ0v) is 20.5. The first-order valence-electron chi connectivity index (χ1n) is 11.5. The number of hydrogen-bond donors (Lipinski definition) is 2. The summed E-state index contributed by atoms with van der Waals surface area (Å²) in [5, 5.41) is 9.54. The molecule has 1 aliphatic carbocycles. The molecule has 1 aliphatic rings. The first kappa shape index (κ1) is 24.7. The van der Waals surface area contributed by atoms with E-state index in [1.165, 1.54) is 42.4 Å². The van der Waals surface area contributed by atoms with Gasteiger partial charge in [-0.3, -0.25) is 25.0 Å². The van der Waals surface area contributed by atoms with Gasteiger partial charge in [0.25, 0.3) is 5.91 Å². The number of methoxy groups -OCH3 is 1. The molecule has 2 atom stereocenters. The number of nitrogens with zero attached hydrogens (tertiary/aromatic N) is 3. The van der Waals surface area contributed by atoms with Gasteiger partial charge in [-0.1, -0.05) is 31.5 Å². The van der Waals surface area contributed by atoms with Gasteiger partial charge >= 0.3 is 0 Å². The van der Waals surface area contributed by atoms with E-state index in [2.05, 4.69) is 32.5 Å². The van der Waals surface area contributed by atoms with Crippen molar-refractivity contribution in [2.24, 2.45) is 5.92 Å². The summed E-state index contributed by atoms with van der Waals surface area (Å²) in [6.07, 6.45) is 4.49. The fourth-order valence-electron chi connectivity index (χ4n) is 4.26. The Morgan fingerprint density at radius 3 is 2.46 bits per heavy atom. The molecular weight excluding hydrogens is 469 g/mol. The molecule has 2 N–H and O–H groups in total. The number of benzene rings is 2. The molecule has 0 radical (unpaired) electrons. The third kappa shape index (κ3) is 6.00. The number of aromatic nitrogens is 3. The van der Waals surface area contributed by atoms with Gasteiger partial charge in [0.1, 0.15) is 11.6 Å². The topological polar surface area (TPSA) is 98.1 Å². The lowest BCUT2D eigenvalue weighted by atomic mass is 9.85. The summed E-state index contributed by atoms with van der Waals surface area (Å²) < 4.78 is 20.5. The Bertz CT molecular complexity index is 1170. The summed E-state index contributed by atoms with van der Waals surface area (Å²) in [6, 6.07) is 13.0. The fourth-order valence-corrected chi connectivity index (χ4v) is 5.05. The standard InChI is InChI=1S/C25H28FN5O3S/c1-16-5-3-4-6-21(16)31-23(17-9-13-20(34-2)14-10-17)28-30-25(31)35-15-22(32)27-29-24(33)18-7-11-19(26)12-8-18/h7-14,16,21H,3-6,15H2,1-2H3,(H,27,32)(H,29,33)/t16-,21+/m1/s1. The predicted molar refractivity (Wildman–Crippen MR) is 131 cm³/mol. The van der Waals surface area contributed by atoms with Gasteiger partial charge in [0.15, 0.2) is 11.0 Å². The van der Waals surface area contributed by atoms with Crippen LogP contribution in [0.4, 0.5) is 4.39 Å². The van der Waals surface area contributed by atoms with E-state index in [0.29, 0.717) is 11.1 Å². The lowest BCUT2D eigenvalue weighted by Crippen LogP contribution is -2.42. The quantitative estimate of drug-likeness (QED) is 0.371. The zero-order valence-electron chi connectivity index (χ0n) is 19.7. The van der Waals surface area contributed by atoms with Crippen molar-refractivity contribution in [3.63, 3.8) is 0 Å². The molecule has 0 unspecified atom stereocenters. The summed E-state index contributed by atoms with van der Waals surface area (Å²) in [5.74, 6) is 0.684. The molecule has 184 valence electrons. The zero-order chi connectivity index (χ0) is 24.8. The smallest absolute Gasteiger partial charge is 0.269 e. The lowest BCUT2D eigenvalue weighted by molar-refractivity contribution is -0.119. The molecule has 2 aromatic carbocycles. The van der Waals surface area contributed by atoms with Crippen molar-refractivity contribution in [2.75, 3.05) is 12.9 Å². The van der Waals surface area contributed by atoms with E-state index >= 15 is 0 Å². The van der Waals surface area contributed by atoms with Crippen LogP contribution < -0.4 is 15.6 Å². The maximum atomic E-state index is 13.0. The SMILES string of the molecule is COc1ccc(-c2nnc(SCC(=O)NNC(=O)c3ccc(F)cc3)n2[C@H]2CCCC[C@H]2C)cc1. The van der Waals surface area contributed by atoms with Crippen LogP contribution >= 0.6 is 11.8 Å². The normalized spacial score (nSPS) is 17.6. The number of carbonyl (C=O) groups is 2. The van der Waals surface area contributed by atoms with Gasteiger partial charge in [-0.25, -0.2) is 4.39 Å². The Labute approximate surface area is 207 Å². The highest BCUT2D eigenvalue weighted by molar-refractivity contribution is 7.99. The van der Waals surface area contributed by atoms with Crippen molar-refractivity contribution < 1.29 is 18.7 Å². The molecule has 0 bridgehead atoms. The third-order valence-electron chi connectivity index (χ3n) is 6.16. The van der Waals surface area contributed by atoms with Gasteiger partial charge in [0.05, 0.1) is 12.9 Å². The van der Waals surface area contributed by atoms with Crippen LogP contribution in [0.15, 0.2) is 53.7 Å². The Morgan fingerprint density at radius 1 is 1.06 bits per heavy atom. The van der Waals surface area contributed by atoms with Crippen LogP contribution in [0.2, 0.25) is 0 Å². The van der Waals surface area contributed by atoms with Crippen molar-refractivity contribution in [1.29, 1.82) is 0 Å².